The minimum atomic E-state index is -0.439. The molecule has 0 heterocycles. The number of fused-ring (bicyclic) bond motifs is 1. The predicted molar refractivity (Wildman–Crippen MR) is 117 cm³/mol. The summed E-state index contributed by atoms with van der Waals surface area (Å²) in [5, 5.41) is 11.9. The minimum absolute atomic E-state index is 0.0154. The highest BCUT2D eigenvalue weighted by Gasteiger charge is 2.13. The molecule has 0 bridgehead atoms. The van der Waals surface area contributed by atoms with Crippen molar-refractivity contribution in [1.29, 1.82) is 0 Å². The van der Waals surface area contributed by atoms with Crippen molar-refractivity contribution in [2.75, 3.05) is 6.61 Å². The molecule has 154 valence electrons. The normalized spacial score (nSPS) is 11.0. The van der Waals surface area contributed by atoms with Gasteiger partial charge in [-0.1, -0.05) is 102 Å². The van der Waals surface area contributed by atoms with Crippen LogP contribution in [-0.2, 0) is 4.74 Å². The number of aromatic hydroxyl groups is 1. The van der Waals surface area contributed by atoms with E-state index in [-0.39, 0.29) is 11.3 Å². The van der Waals surface area contributed by atoms with Crippen molar-refractivity contribution in [3.8, 4) is 5.75 Å². The number of phenolic OH excluding ortho intramolecular Hbond substituents is 1. The highest BCUT2D eigenvalue weighted by atomic mass is 16.5. The number of phenols is 1. The van der Waals surface area contributed by atoms with Gasteiger partial charge >= 0.3 is 5.97 Å². The van der Waals surface area contributed by atoms with Gasteiger partial charge in [0.25, 0.3) is 0 Å². The zero-order chi connectivity index (χ0) is 20.0. The van der Waals surface area contributed by atoms with Crippen molar-refractivity contribution in [2.45, 2.75) is 84.0 Å². The zero-order valence-corrected chi connectivity index (χ0v) is 17.4. The lowest BCUT2D eigenvalue weighted by atomic mass is 10.1. The molecule has 1 N–H and O–H groups in total. The molecule has 3 heteroatoms. The average molecular weight is 385 g/mol. The van der Waals surface area contributed by atoms with E-state index in [1.165, 1.54) is 64.2 Å². The first-order chi connectivity index (χ1) is 13.7. The summed E-state index contributed by atoms with van der Waals surface area (Å²) in [7, 11) is 0. The molecule has 28 heavy (non-hydrogen) atoms. The van der Waals surface area contributed by atoms with E-state index in [1.807, 2.05) is 24.3 Å². The highest BCUT2D eigenvalue weighted by molar-refractivity contribution is 5.98. The van der Waals surface area contributed by atoms with Crippen LogP contribution in [0.15, 0.2) is 36.4 Å². The Kier molecular flexibility index (Phi) is 10.5. The monoisotopic (exact) mass is 384 g/mol. The smallest absolute Gasteiger partial charge is 0.341 e. The fourth-order valence-electron chi connectivity index (χ4n) is 3.58. The standard InChI is InChI=1S/C25H36O3/c1-2-3-4-5-6-7-8-9-10-11-12-15-18-28-25(27)23-19-21-16-13-14-17-22(21)20-24(23)26/h13-14,16-17,19-20,26H,2-12,15,18H2,1H3. The molecule has 0 unspecified atom stereocenters. The van der Waals surface area contributed by atoms with E-state index >= 15 is 0 Å². The molecule has 0 aliphatic carbocycles. The Labute approximate surface area is 170 Å². The van der Waals surface area contributed by atoms with E-state index in [9.17, 15) is 9.90 Å². The first kappa shape index (κ1) is 22.3. The van der Waals surface area contributed by atoms with Crippen LogP contribution in [0.5, 0.6) is 5.75 Å². The fraction of sp³-hybridized carbons (Fsp3) is 0.560. The Hall–Kier alpha value is -2.03. The largest absolute Gasteiger partial charge is 0.507 e. The van der Waals surface area contributed by atoms with Crippen LogP contribution < -0.4 is 0 Å². The number of carbonyl (C=O) groups is 1. The molecular weight excluding hydrogens is 348 g/mol. The van der Waals surface area contributed by atoms with Gasteiger partial charge in [0.1, 0.15) is 11.3 Å². The average Bonchev–Trinajstić information content (AvgIpc) is 2.70. The molecular formula is C25H36O3. The molecule has 2 rings (SSSR count). The van der Waals surface area contributed by atoms with Crippen LogP contribution in [0.25, 0.3) is 10.8 Å². The second-order valence-corrected chi connectivity index (χ2v) is 7.74. The van der Waals surface area contributed by atoms with Crippen molar-refractivity contribution in [3.05, 3.63) is 42.0 Å². The van der Waals surface area contributed by atoms with Gasteiger partial charge in [0.15, 0.2) is 0 Å². The zero-order valence-electron chi connectivity index (χ0n) is 17.4. The quantitative estimate of drug-likeness (QED) is 0.272. The summed E-state index contributed by atoms with van der Waals surface area (Å²) < 4.78 is 5.35. The van der Waals surface area contributed by atoms with E-state index in [4.69, 9.17) is 4.74 Å². The molecule has 0 saturated heterocycles. The summed E-state index contributed by atoms with van der Waals surface area (Å²) in [5.74, 6) is -0.454. The fourth-order valence-corrected chi connectivity index (χ4v) is 3.58. The van der Waals surface area contributed by atoms with Gasteiger partial charge in [0.2, 0.25) is 0 Å². The van der Waals surface area contributed by atoms with Gasteiger partial charge in [-0.3, -0.25) is 0 Å². The van der Waals surface area contributed by atoms with Crippen molar-refractivity contribution >= 4 is 16.7 Å². The Morgan fingerprint density at radius 1 is 0.786 bits per heavy atom. The molecule has 0 amide bonds. The molecule has 0 aliphatic heterocycles. The molecule has 3 nitrogen and oxygen atoms in total. The Morgan fingerprint density at radius 2 is 1.29 bits per heavy atom. The van der Waals surface area contributed by atoms with Gasteiger partial charge in [-0.15, -0.1) is 0 Å². The molecule has 2 aromatic carbocycles. The maximum atomic E-state index is 12.2. The number of esters is 1. The number of rotatable bonds is 14. The number of unbranched alkanes of at least 4 members (excludes halogenated alkanes) is 11. The maximum absolute atomic E-state index is 12.2. The lowest BCUT2D eigenvalue weighted by Crippen LogP contribution is -2.07. The van der Waals surface area contributed by atoms with Gasteiger partial charge < -0.3 is 9.84 Å². The van der Waals surface area contributed by atoms with Crippen molar-refractivity contribution < 1.29 is 14.6 Å². The van der Waals surface area contributed by atoms with Crippen LogP contribution in [0, 0.1) is 0 Å². The number of hydrogen-bond donors (Lipinski definition) is 1. The summed E-state index contributed by atoms with van der Waals surface area (Å²) in [4.78, 5) is 12.2. The second kappa shape index (κ2) is 13.2. The third-order valence-corrected chi connectivity index (χ3v) is 5.31. The molecule has 0 radical (unpaired) electrons. The molecule has 0 aliphatic rings. The third kappa shape index (κ3) is 7.92. The summed E-state index contributed by atoms with van der Waals surface area (Å²) in [5.41, 5.74) is 0.248. The SMILES string of the molecule is CCCCCCCCCCCCCCOC(=O)c1cc2ccccc2cc1O. The number of ether oxygens (including phenoxy) is 1. The summed E-state index contributed by atoms with van der Waals surface area (Å²) in [6.07, 6.45) is 15.4. The van der Waals surface area contributed by atoms with E-state index in [2.05, 4.69) is 6.92 Å². The van der Waals surface area contributed by atoms with E-state index < -0.39 is 5.97 Å². The van der Waals surface area contributed by atoms with Crippen LogP contribution in [0.3, 0.4) is 0 Å². The third-order valence-electron chi connectivity index (χ3n) is 5.31. The van der Waals surface area contributed by atoms with E-state index in [0.29, 0.717) is 6.61 Å². The lowest BCUT2D eigenvalue weighted by Gasteiger charge is -2.08. The van der Waals surface area contributed by atoms with Gasteiger partial charge in [-0.2, -0.15) is 0 Å². The van der Waals surface area contributed by atoms with Crippen molar-refractivity contribution in [3.63, 3.8) is 0 Å². The summed E-state index contributed by atoms with van der Waals surface area (Å²) in [6.45, 7) is 2.68. The summed E-state index contributed by atoms with van der Waals surface area (Å²) in [6, 6.07) is 11.0. The van der Waals surface area contributed by atoms with Crippen LogP contribution in [0.1, 0.15) is 94.3 Å². The number of hydrogen-bond acceptors (Lipinski definition) is 3. The van der Waals surface area contributed by atoms with Gasteiger partial charge in [0, 0.05) is 0 Å². The van der Waals surface area contributed by atoms with Gasteiger partial charge in [0.05, 0.1) is 6.61 Å². The molecule has 0 atom stereocenters. The second-order valence-electron chi connectivity index (χ2n) is 7.74. The van der Waals surface area contributed by atoms with Crippen molar-refractivity contribution in [1.82, 2.24) is 0 Å². The predicted octanol–water partition coefficient (Wildman–Crippen LogP) is 7.40. The molecule has 0 aromatic heterocycles. The minimum Gasteiger partial charge on any atom is -0.507 e. The highest BCUT2D eigenvalue weighted by Crippen LogP contribution is 2.25. The van der Waals surface area contributed by atoms with Crippen LogP contribution >= 0.6 is 0 Å². The first-order valence-corrected chi connectivity index (χ1v) is 11.1. The molecule has 0 fully saturated rings. The number of carbonyl (C=O) groups excluding carboxylic acids is 1. The first-order valence-electron chi connectivity index (χ1n) is 11.1. The van der Waals surface area contributed by atoms with Crippen LogP contribution in [-0.4, -0.2) is 17.7 Å². The van der Waals surface area contributed by atoms with E-state index in [0.717, 1.165) is 23.6 Å². The molecule has 2 aromatic rings. The summed E-state index contributed by atoms with van der Waals surface area (Å²) >= 11 is 0. The Morgan fingerprint density at radius 3 is 1.86 bits per heavy atom. The maximum Gasteiger partial charge on any atom is 0.341 e. The van der Waals surface area contributed by atoms with Crippen LogP contribution in [0.4, 0.5) is 0 Å². The number of benzene rings is 2. The molecule has 0 saturated carbocycles. The van der Waals surface area contributed by atoms with Gasteiger partial charge in [-0.25, -0.2) is 4.79 Å². The topological polar surface area (TPSA) is 46.5 Å². The van der Waals surface area contributed by atoms with Gasteiger partial charge in [-0.05, 0) is 29.3 Å². The van der Waals surface area contributed by atoms with E-state index in [1.54, 1.807) is 12.1 Å². The Balaban J connectivity index is 1.53. The molecule has 0 spiro atoms. The van der Waals surface area contributed by atoms with Crippen molar-refractivity contribution in [2.24, 2.45) is 0 Å². The van der Waals surface area contributed by atoms with Crippen LogP contribution in [0.2, 0.25) is 0 Å². The lowest BCUT2D eigenvalue weighted by molar-refractivity contribution is 0.0494. The Bertz CT molecular complexity index is 708.